The van der Waals surface area contributed by atoms with E-state index < -0.39 is 0 Å². The molecule has 0 saturated carbocycles. The predicted molar refractivity (Wildman–Crippen MR) is 43.4 cm³/mol. The van der Waals surface area contributed by atoms with Gasteiger partial charge in [0, 0.05) is 6.54 Å². The number of nitrogens with two attached hydrogens (primary N) is 1. The lowest BCUT2D eigenvalue weighted by Gasteiger charge is -1.99. The topological polar surface area (TPSA) is 50.4 Å². The lowest BCUT2D eigenvalue weighted by Crippen LogP contribution is -2.24. The highest BCUT2D eigenvalue weighted by Gasteiger charge is 1.89. The minimum Gasteiger partial charge on any atom is -0.369 e. The third-order valence-electron chi connectivity index (χ3n) is 0.741. The molecule has 0 saturated heterocycles. The average Bonchev–Trinajstić information content (AvgIpc) is 1.83. The van der Waals surface area contributed by atoms with E-state index >= 15 is 0 Å². The number of nitrogens with one attached hydrogen (secondary N) is 1. The number of thiol groups is 1. The Hall–Kier alpha value is -0.380. The Morgan fingerprint density at radius 3 is 2.67 bits per heavy atom. The first-order valence-corrected chi connectivity index (χ1v) is 3.31. The van der Waals surface area contributed by atoms with Gasteiger partial charge in [0.25, 0.3) is 0 Å². The van der Waals surface area contributed by atoms with Crippen LogP contribution in [0.4, 0.5) is 0 Å². The van der Waals surface area contributed by atoms with E-state index in [0.717, 1.165) is 6.54 Å². The zero-order valence-electron chi connectivity index (χ0n) is 5.76. The normalized spacial score (nSPS) is 12.2. The SMILES string of the molecule is CC(C)CN=C(N)NS. The molecule has 0 aliphatic heterocycles. The van der Waals surface area contributed by atoms with Crippen molar-refractivity contribution in [3.63, 3.8) is 0 Å². The maximum absolute atomic E-state index is 5.28. The van der Waals surface area contributed by atoms with Gasteiger partial charge < -0.3 is 10.5 Å². The number of hydrogen-bond donors (Lipinski definition) is 3. The first-order valence-electron chi connectivity index (χ1n) is 2.87. The van der Waals surface area contributed by atoms with Crippen LogP contribution in [0.3, 0.4) is 0 Å². The van der Waals surface area contributed by atoms with Crippen molar-refractivity contribution in [1.82, 2.24) is 4.72 Å². The fourth-order valence-electron chi connectivity index (χ4n) is 0.316. The molecular weight excluding hydrogens is 134 g/mol. The van der Waals surface area contributed by atoms with Crippen LogP contribution < -0.4 is 10.5 Å². The van der Waals surface area contributed by atoms with E-state index in [2.05, 4.69) is 36.4 Å². The molecule has 9 heavy (non-hydrogen) atoms. The number of nitrogens with zero attached hydrogens (tertiary/aromatic N) is 1. The van der Waals surface area contributed by atoms with Crippen molar-refractivity contribution < 1.29 is 0 Å². The van der Waals surface area contributed by atoms with Crippen LogP contribution in [0.15, 0.2) is 4.99 Å². The van der Waals surface area contributed by atoms with Gasteiger partial charge in [0.15, 0.2) is 5.96 Å². The summed E-state index contributed by atoms with van der Waals surface area (Å²) >= 11 is 3.71. The largest absolute Gasteiger partial charge is 0.369 e. The smallest absolute Gasteiger partial charge is 0.198 e. The number of rotatable bonds is 2. The molecule has 0 aromatic rings. The van der Waals surface area contributed by atoms with Gasteiger partial charge in [-0.3, -0.25) is 4.99 Å². The summed E-state index contributed by atoms with van der Waals surface area (Å²) in [5.74, 6) is 0.928. The molecule has 0 aromatic carbocycles. The van der Waals surface area contributed by atoms with E-state index in [4.69, 9.17) is 5.73 Å². The second kappa shape index (κ2) is 4.49. The second-order valence-electron chi connectivity index (χ2n) is 2.23. The third-order valence-corrected chi connectivity index (χ3v) is 0.970. The van der Waals surface area contributed by atoms with Crippen molar-refractivity contribution in [2.24, 2.45) is 16.6 Å². The van der Waals surface area contributed by atoms with Crippen molar-refractivity contribution in [3.05, 3.63) is 0 Å². The Labute approximate surface area is 61.3 Å². The summed E-state index contributed by atoms with van der Waals surface area (Å²) in [6.45, 7) is 4.91. The fourth-order valence-corrected chi connectivity index (χ4v) is 0.387. The zero-order valence-corrected chi connectivity index (χ0v) is 6.65. The van der Waals surface area contributed by atoms with Crippen molar-refractivity contribution >= 4 is 18.8 Å². The average molecular weight is 147 g/mol. The highest BCUT2D eigenvalue weighted by Crippen LogP contribution is 1.90. The van der Waals surface area contributed by atoms with Gasteiger partial charge in [-0.1, -0.05) is 26.7 Å². The van der Waals surface area contributed by atoms with Crippen molar-refractivity contribution in [3.8, 4) is 0 Å². The molecule has 0 rings (SSSR count). The van der Waals surface area contributed by atoms with Gasteiger partial charge in [-0.05, 0) is 5.92 Å². The quantitative estimate of drug-likeness (QED) is 0.301. The van der Waals surface area contributed by atoms with Gasteiger partial charge in [-0.15, -0.1) is 0 Å². The number of hydrogen-bond acceptors (Lipinski definition) is 2. The van der Waals surface area contributed by atoms with Crippen LogP contribution in [0.25, 0.3) is 0 Å². The van der Waals surface area contributed by atoms with E-state index in [1.807, 2.05) is 0 Å². The van der Waals surface area contributed by atoms with Crippen molar-refractivity contribution in [2.45, 2.75) is 13.8 Å². The molecule has 0 bridgehead atoms. The molecule has 54 valence electrons. The number of guanidine groups is 1. The summed E-state index contributed by atoms with van der Waals surface area (Å²) in [5.41, 5.74) is 5.28. The summed E-state index contributed by atoms with van der Waals surface area (Å²) in [7, 11) is 0. The van der Waals surface area contributed by atoms with Crippen LogP contribution in [-0.2, 0) is 0 Å². The molecule has 0 radical (unpaired) electrons. The Morgan fingerprint density at radius 1 is 1.78 bits per heavy atom. The van der Waals surface area contributed by atoms with Crippen LogP contribution in [0, 0.1) is 5.92 Å². The molecule has 0 fully saturated rings. The molecule has 0 atom stereocenters. The molecule has 0 amide bonds. The van der Waals surface area contributed by atoms with Crippen LogP contribution >= 0.6 is 12.8 Å². The Balaban J connectivity index is 3.43. The maximum Gasteiger partial charge on any atom is 0.198 e. The van der Waals surface area contributed by atoms with Gasteiger partial charge in [-0.2, -0.15) is 0 Å². The molecule has 0 spiro atoms. The summed E-state index contributed by atoms with van der Waals surface area (Å²) in [6.07, 6.45) is 0. The van der Waals surface area contributed by atoms with Crippen LogP contribution in [-0.4, -0.2) is 12.5 Å². The highest BCUT2D eigenvalue weighted by molar-refractivity contribution is 7.78. The standard InChI is InChI=1S/C5H13N3S/c1-4(2)3-7-5(6)8-9/h4,9H,3H2,1-2H3,(H3,6,7,8). The predicted octanol–water partition coefficient (Wildman–Crippen LogP) is 0.392. The lowest BCUT2D eigenvalue weighted by atomic mass is 10.2. The highest BCUT2D eigenvalue weighted by atomic mass is 32.1. The van der Waals surface area contributed by atoms with Gasteiger partial charge in [0.05, 0.1) is 0 Å². The Morgan fingerprint density at radius 2 is 2.33 bits per heavy atom. The van der Waals surface area contributed by atoms with Crippen LogP contribution in [0.2, 0.25) is 0 Å². The molecule has 3 N–H and O–H groups in total. The summed E-state index contributed by atoms with van der Waals surface area (Å²) in [5, 5.41) is 0. The van der Waals surface area contributed by atoms with Crippen LogP contribution in [0.1, 0.15) is 13.8 Å². The molecule has 0 aromatic heterocycles. The van der Waals surface area contributed by atoms with E-state index in [1.165, 1.54) is 0 Å². The maximum atomic E-state index is 5.28. The van der Waals surface area contributed by atoms with E-state index in [0.29, 0.717) is 11.9 Å². The molecule has 4 heteroatoms. The minimum atomic E-state index is 0.382. The third kappa shape index (κ3) is 5.49. The first kappa shape index (κ1) is 8.62. The van der Waals surface area contributed by atoms with Crippen molar-refractivity contribution in [2.75, 3.05) is 6.54 Å². The lowest BCUT2D eigenvalue weighted by molar-refractivity contribution is 0.664. The Kier molecular flexibility index (Phi) is 4.30. The Bertz CT molecular complexity index is 100. The summed E-state index contributed by atoms with van der Waals surface area (Å²) < 4.78 is 2.44. The van der Waals surface area contributed by atoms with Gasteiger partial charge in [0.1, 0.15) is 0 Å². The molecule has 3 nitrogen and oxygen atoms in total. The molecule has 0 aliphatic rings. The van der Waals surface area contributed by atoms with Crippen molar-refractivity contribution in [1.29, 1.82) is 0 Å². The molecule has 0 aliphatic carbocycles. The van der Waals surface area contributed by atoms with Gasteiger partial charge in [-0.25, -0.2) is 0 Å². The fraction of sp³-hybridized carbons (Fsp3) is 0.800. The monoisotopic (exact) mass is 147 g/mol. The second-order valence-corrected chi connectivity index (χ2v) is 2.46. The molecule has 0 heterocycles. The van der Waals surface area contributed by atoms with Gasteiger partial charge in [0.2, 0.25) is 0 Å². The zero-order chi connectivity index (χ0) is 7.28. The van der Waals surface area contributed by atoms with E-state index in [9.17, 15) is 0 Å². The summed E-state index contributed by atoms with van der Waals surface area (Å²) in [6, 6.07) is 0. The van der Waals surface area contributed by atoms with Crippen LogP contribution in [0.5, 0.6) is 0 Å². The van der Waals surface area contributed by atoms with E-state index in [1.54, 1.807) is 0 Å². The minimum absolute atomic E-state index is 0.382. The number of aliphatic imine (C=N–C) groups is 1. The molecule has 0 unspecified atom stereocenters. The molecular formula is C5H13N3S. The summed E-state index contributed by atoms with van der Waals surface area (Å²) in [4.78, 5) is 3.95. The van der Waals surface area contributed by atoms with Gasteiger partial charge >= 0.3 is 0 Å². The first-order chi connectivity index (χ1) is 4.16. The van der Waals surface area contributed by atoms with E-state index in [-0.39, 0.29) is 0 Å².